The van der Waals surface area contributed by atoms with Crippen LogP contribution >= 0.6 is 0 Å². The minimum atomic E-state index is -1.47. The van der Waals surface area contributed by atoms with E-state index in [0.29, 0.717) is 5.82 Å². The molecule has 0 saturated carbocycles. The maximum Gasteiger partial charge on any atom is 0.212 e. The maximum absolute atomic E-state index is 11.7. The van der Waals surface area contributed by atoms with Crippen molar-refractivity contribution >= 4 is 0 Å². The number of methoxy groups -OCH3 is 2. The lowest BCUT2D eigenvalue weighted by Crippen LogP contribution is -2.63. The van der Waals surface area contributed by atoms with Crippen LogP contribution < -0.4 is 0 Å². The summed E-state index contributed by atoms with van der Waals surface area (Å²) >= 11 is 0. The molecule has 3 aromatic carbocycles. The predicted octanol–water partition coefficient (Wildman–Crippen LogP) is 4.34. The van der Waals surface area contributed by atoms with Crippen LogP contribution in [-0.4, -0.2) is 41.2 Å². The molecule has 4 aromatic rings. The van der Waals surface area contributed by atoms with Crippen LogP contribution in [0.25, 0.3) is 0 Å². The van der Waals surface area contributed by atoms with Gasteiger partial charge >= 0.3 is 0 Å². The Labute approximate surface area is 188 Å². The Hall–Kier alpha value is -3.25. The number of hydrogen-bond donors (Lipinski definition) is 2. The van der Waals surface area contributed by atoms with Crippen LogP contribution in [0, 0.1) is 0 Å². The van der Waals surface area contributed by atoms with Crippen molar-refractivity contribution in [1.29, 1.82) is 0 Å². The van der Waals surface area contributed by atoms with E-state index in [2.05, 4.69) is 9.97 Å². The summed E-state index contributed by atoms with van der Waals surface area (Å²) in [5.74, 6) is -0.816. The normalized spacial score (nSPS) is 13.1. The molecule has 1 heterocycles. The van der Waals surface area contributed by atoms with E-state index in [1.807, 2.05) is 91.0 Å². The highest BCUT2D eigenvalue weighted by atomic mass is 16.7. The van der Waals surface area contributed by atoms with Gasteiger partial charge in [-0.15, -0.1) is 0 Å². The van der Waals surface area contributed by atoms with Crippen molar-refractivity contribution in [3.63, 3.8) is 0 Å². The zero-order valence-corrected chi connectivity index (χ0v) is 18.3. The highest BCUT2D eigenvalue weighted by molar-refractivity contribution is 5.54. The van der Waals surface area contributed by atoms with E-state index < -0.39 is 17.3 Å². The molecule has 0 amide bonds. The van der Waals surface area contributed by atoms with Gasteiger partial charge in [-0.1, -0.05) is 91.0 Å². The molecule has 5 heteroatoms. The van der Waals surface area contributed by atoms with Gasteiger partial charge in [-0.05, 0) is 16.7 Å². The summed E-state index contributed by atoms with van der Waals surface area (Å²) in [6.45, 7) is 0. The summed E-state index contributed by atoms with van der Waals surface area (Å²) in [5, 5.41) is 11.7. The SMILES string of the molecule is COC(OC)(C(O)Cc1ncc[nH]1)C(c1ccccc1)(c1ccccc1)c1ccccc1. The lowest BCUT2D eigenvalue weighted by atomic mass is 9.62. The zero-order chi connectivity index (χ0) is 22.4. The number of H-pyrrole nitrogens is 1. The van der Waals surface area contributed by atoms with Crippen LogP contribution in [0.2, 0.25) is 0 Å². The van der Waals surface area contributed by atoms with Crippen molar-refractivity contribution in [2.75, 3.05) is 14.2 Å². The number of benzene rings is 3. The van der Waals surface area contributed by atoms with E-state index >= 15 is 0 Å². The van der Waals surface area contributed by atoms with Gasteiger partial charge in [-0.25, -0.2) is 4.98 Å². The molecule has 0 fully saturated rings. The van der Waals surface area contributed by atoms with Gasteiger partial charge in [-0.2, -0.15) is 0 Å². The first kappa shape index (κ1) is 22.0. The molecule has 0 bridgehead atoms. The Morgan fingerprint density at radius 1 is 0.781 bits per heavy atom. The number of aliphatic hydroxyl groups is 1. The van der Waals surface area contributed by atoms with Crippen LogP contribution in [0.3, 0.4) is 0 Å². The van der Waals surface area contributed by atoms with Crippen molar-refractivity contribution in [3.05, 3.63) is 126 Å². The van der Waals surface area contributed by atoms with E-state index in [-0.39, 0.29) is 6.42 Å². The second kappa shape index (κ2) is 9.49. The highest BCUT2D eigenvalue weighted by Gasteiger charge is 2.60. The molecule has 0 aliphatic carbocycles. The van der Waals surface area contributed by atoms with Crippen molar-refractivity contribution in [3.8, 4) is 0 Å². The molecule has 0 aliphatic rings. The van der Waals surface area contributed by atoms with Crippen molar-refractivity contribution in [2.45, 2.75) is 23.7 Å². The summed E-state index contributed by atoms with van der Waals surface area (Å²) in [4.78, 5) is 7.39. The minimum Gasteiger partial charge on any atom is -0.387 e. The Morgan fingerprint density at radius 3 is 1.56 bits per heavy atom. The van der Waals surface area contributed by atoms with Gasteiger partial charge in [-0.3, -0.25) is 0 Å². The van der Waals surface area contributed by atoms with Crippen LogP contribution in [0.15, 0.2) is 103 Å². The molecular formula is C27H28N2O3. The number of imidazole rings is 1. The lowest BCUT2D eigenvalue weighted by molar-refractivity contribution is -0.283. The third kappa shape index (κ3) is 3.54. The van der Waals surface area contributed by atoms with E-state index in [1.54, 1.807) is 26.6 Å². The van der Waals surface area contributed by atoms with Gasteiger partial charge in [0.15, 0.2) is 0 Å². The number of aromatic nitrogens is 2. The number of nitrogens with one attached hydrogen (secondary N) is 1. The summed E-state index contributed by atoms with van der Waals surface area (Å²) in [6.07, 6.45) is 2.58. The Kier molecular flexibility index (Phi) is 6.51. The van der Waals surface area contributed by atoms with Gasteiger partial charge in [0.1, 0.15) is 17.3 Å². The quantitative estimate of drug-likeness (QED) is 0.307. The Balaban J connectivity index is 2.07. The van der Waals surface area contributed by atoms with Gasteiger partial charge in [0.05, 0.1) is 0 Å². The Bertz CT molecular complexity index is 983. The van der Waals surface area contributed by atoms with Crippen LogP contribution in [0.5, 0.6) is 0 Å². The molecule has 2 N–H and O–H groups in total. The van der Waals surface area contributed by atoms with E-state index in [9.17, 15) is 5.11 Å². The predicted molar refractivity (Wildman–Crippen MR) is 124 cm³/mol. The molecule has 164 valence electrons. The molecule has 1 aromatic heterocycles. The summed E-state index contributed by atoms with van der Waals surface area (Å²) in [6, 6.07) is 30.2. The summed E-state index contributed by atoms with van der Waals surface area (Å²) in [7, 11) is 3.16. The third-order valence-electron chi connectivity index (χ3n) is 6.13. The van der Waals surface area contributed by atoms with Gasteiger partial charge < -0.3 is 19.6 Å². The molecule has 4 rings (SSSR count). The van der Waals surface area contributed by atoms with E-state index in [4.69, 9.17) is 9.47 Å². The highest BCUT2D eigenvalue weighted by Crippen LogP contribution is 2.51. The number of ether oxygens (including phenoxy) is 2. The average molecular weight is 429 g/mol. The molecular weight excluding hydrogens is 400 g/mol. The van der Waals surface area contributed by atoms with Crippen LogP contribution in [-0.2, 0) is 21.3 Å². The first-order valence-corrected chi connectivity index (χ1v) is 10.6. The topological polar surface area (TPSA) is 67.4 Å². The molecule has 0 aliphatic heterocycles. The fourth-order valence-corrected chi connectivity index (χ4v) is 4.81. The van der Waals surface area contributed by atoms with E-state index in [1.165, 1.54) is 0 Å². The van der Waals surface area contributed by atoms with Crippen molar-refractivity contribution in [2.24, 2.45) is 0 Å². The number of aliphatic hydroxyl groups excluding tert-OH is 1. The van der Waals surface area contributed by atoms with Gasteiger partial charge in [0.25, 0.3) is 0 Å². The number of hydrogen-bond acceptors (Lipinski definition) is 4. The largest absolute Gasteiger partial charge is 0.387 e. The molecule has 1 unspecified atom stereocenters. The van der Waals surface area contributed by atoms with Crippen LogP contribution in [0.1, 0.15) is 22.5 Å². The third-order valence-corrected chi connectivity index (χ3v) is 6.13. The zero-order valence-electron chi connectivity index (χ0n) is 18.3. The molecule has 5 nitrogen and oxygen atoms in total. The average Bonchev–Trinajstić information content (AvgIpc) is 3.37. The number of nitrogens with zero attached hydrogens (tertiary/aromatic N) is 1. The molecule has 0 spiro atoms. The van der Waals surface area contributed by atoms with Gasteiger partial charge in [0.2, 0.25) is 5.79 Å². The van der Waals surface area contributed by atoms with Crippen LogP contribution in [0.4, 0.5) is 0 Å². The molecule has 1 atom stereocenters. The van der Waals surface area contributed by atoms with E-state index in [0.717, 1.165) is 16.7 Å². The number of rotatable bonds is 9. The van der Waals surface area contributed by atoms with Crippen molar-refractivity contribution < 1.29 is 14.6 Å². The second-order valence-corrected chi connectivity index (χ2v) is 7.68. The standard InChI is InChI=1S/C27H28N2O3/c1-31-27(32-2,24(30)20-25-28-18-19-29-25)26(21-12-6-3-7-13-21,22-14-8-4-9-15-22)23-16-10-5-11-17-23/h3-19,24,30H,20H2,1-2H3,(H,28,29). The first-order valence-electron chi connectivity index (χ1n) is 10.6. The lowest BCUT2D eigenvalue weighted by Gasteiger charge is -2.51. The van der Waals surface area contributed by atoms with Crippen molar-refractivity contribution in [1.82, 2.24) is 9.97 Å². The monoisotopic (exact) mass is 428 g/mol. The first-order chi connectivity index (χ1) is 15.7. The number of aromatic amines is 1. The van der Waals surface area contributed by atoms with Gasteiger partial charge in [0, 0.05) is 33.0 Å². The summed E-state index contributed by atoms with van der Waals surface area (Å²) in [5.41, 5.74) is 1.85. The smallest absolute Gasteiger partial charge is 0.212 e. The molecule has 32 heavy (non-hydrogen) atoms. The molecule has 0 saturated heterocycles. The minimum absolute atomic E-state index is 0.225. The summed E-state index contributed by atoms with van der Waals surface area (Å²) < 4.78 is 12.4. The second-order valence-electron chi connectivity index (χ2n) is 7.68. The maximum atomic E-state index is 11.7. The fraction of sp³-hybridized carbons (Fsp3) is 0.222. The Morgan fingerprint density at radius 2 is 1.22 bits per heavy atom. The fourth-order valence-electron chi connectivity index (χ4n) is 4.81. The molecule has 0 radical (unpaired) electrons.